The molecule has 0 amide bonds. The fourth-order valence-electron chi connectivity index (χ4n) is 3.08. The minimum Gasteiger partial charge on any atom is -0.437 e. The summed E-state index contributed by atoms with van der Waals surface area (Å²) in [4.78, 5) is 4.35. The molecular weight excluding hydrogens is 487 g/mol. The van der Waals surface area contributed by atoms with E-state index in [1.807, 2.05) is 54.9 Å². The van der Waals surface area contributed by atoms with Crippen LogP contribution >= 0.6 is 22.6 Å². The van der Waals surface area contributed by atoms with Crippen LogP contribution in [-0.2, 0) is 0 Å². The zero-order valence-corrected chi connectivity index (χ0v) is 18.6. The lowest BCUT2D eigenvalue weighted by atomic mass is 10.1. The van der Waals surface area contributed by atoms with Crippen LogP contribution in [-0.4, -0.2) is 14.8 Å². The van der Waals surface area contributed by atoms with E-state index in [9.17, 15) is 0 Å². The van der Waals surface area contributed by atoms with Crippen molar-refractivity contribution >= 4 is 33.5 Å². The first-order chi connectivity index (χ1) is 14.6. The van der Waals surface area contributed by atoms with Crippen LogP contribution in [0.25, 0.3) is 16.6 Å². The molecule has 0 unspecified atom stereocenters. The fourth-order valence-corrected chi connectivity index (χ4v) is 3.54. The second-order valence-electron chi connectivity index (χ2n) is 6.57. The first kappa shape index (κ1) is 19.9. The van der Waals surface area contributed by atoms with E-state index in [4.69, 9.17) is 15.1 Å². The molecule has 0 radical (unpaired) electrons. The van der Waals surface area contributed by atoms with Crippen molar-refractivity contribution in [2.45, 2.75) is 20.3 Å². The fraction of sp³-hybridized carbons (Fsp3) is 0.125. The highest BCUT2D eigenvalue weighted by molar-refractivity contribution is 14.1. The van der Waals surface area contributed by atoms with E-state index in [-0.39, 0.29) is 0 Å². The molecule has 6 heteroatoms. The third kappa shape index (κ3) is 3.87. The summed E-state index contributed by atoms with van der Waals surface area (Å²) in [7, 11) is 0. The molecule has 2 aromatic carbocycles. The highest BCUT2D eigenvalue weighted by atomic mass is 127. The first-order valence-electron chi connectivity index (χ1n) is 9.42. The van der Waals surface area contributed by atoms with Crippen molar-refractivity contribution in [3.63, 3.8) is 0 Å². The van der Waals surface area contributed by atoms with Crippen molar-refractivity contribution in [3.8, 4) is 35.2 Å². The minimum absolute atomic E-state index is 0.540. The molecule has 2 heterocycles. The van der Waals surface area contributed by atoms with Gasteiger partial charge < -0.3 is 4.74 Å². The second-order valence-corrected chi connectivity index (χ2v) is 7.73. The Morgan fingerprint density at radius 3 is 2.67 bits per heavy atom. The number of benzene rings is 2. The van der Waals surface area contributed by atoms with Gasteiger partial charge in [-0.3, -0.25) is 0 Å². The van der Waals surface area contributed by atoms with Crippen LogP contribution < -0.4 is 4.74 Å². The number of pyridine rings is 1. The van der Waals surface area contributed by atoms with Gasteiger partial charge in [0, 0.05) is 24.1 Å². The summed E-state index contributed by atoms with van der Waals surface area (Å²) in [6.07, 6.45) is 2.46. The number of rotatable bonds is 3. The van der Waals surface area contributed by atoms with Crippen LogP contribution in [0.3, 0.4) is 0 Å². The molecule has 0 saturated heterocycles. The Morgan fingerprint density at radius 2 is 1.97 bits per heavy atom. The Bertz CT molecular complexity index is 1340. The highest BCUT2D eigenvalue weighted by Crippen LogP contribution is 2.33. The molecule has 0 bridgehead atoms. The Balaban J connectivity index is 1.90. The SMILES string of the molecule is CCC#Cc1cc2c(C)nn(-c3ccc(C#N)cc3)c2cc1Oc1ncccc1I. The predicted molar refractivity (Wildman–Crippen MR) is 125 cm³/mol. The third-order valence-corrected chi connectivity index (χ3v) is 5.36. The third-order valence-electron chi connectivity index (χ3n) is 4.54. The van der Waals surface area contributed by atoms with Crippen molar-refractivity contribution in [1.29, 1.82) is 5.26 Å². The summed E-state index contributed by atoms with van der Waals surface area (Å²) in [5.74, 6) is 7.51. The van der Waals surface area contributed by atoms with Gasteiger partial charge in [0.15, 0.2) is 0 Å². The van der Waals surface area contributed by atoms with Crippen molar-refractivity contribution in [2.75, 3.05) is 0 Å². The van der Waals surface area contributed by atoms with Gasteiger partial charge in [-0.15, -0.1) is 0 Å². The molecule has 30 heavy (non-hydrogen) atoms. The monoisotopic (exact) mass is 504 g/mol. The smallest absolute Gasteiger partial charge is 0.232 e. The van der Waals surface area contributed by atoms with E-state index < -0.39 is 0 Å². The molecule has 0 spiro atoms. The molecule has 5 nitrogen and oxygen atoms in total. The summed E-state index contributed by atoms with van der Waals surface area (Å²) in [6.45, 7) is 3.99. The number of hydrogen-bond donors (Lipinski definition) is 0. The van der Waals surface area contributed by atoms with Gasteiger partial charge in [-0.2, -0.15) is 10.4 Å². The first-order valence-corrected chi connectivity index (χ1v) is 10.5. The molecule has 0 saturated carbocycles. The molecule has 0 fully saturated rings. The van der Waals surface area contributed by atoms with Crippen molar-refractivity contribution in [1.82, 2.24) is 14.8 Å². The molecular formula is C24H17IN4O. The van der Waals surface area contributed by atoms with Crippen LogP contribution in [0, 0.1) is 33.7 Å². The second kappa shape index (κ2) is 8.56. The zero-order chi connectivity index (χ0) is 21.1. The normalized spacial score (nSPS) is 10.3. The Hall–Kier alpha value is -3.36. The van der Waals surface area contributed by atoms with E-state index in [1.165, 1.54) is 0 Å². The number of aryl methyl sites for hydroxylation is 1. The topological polar surface area (TPSA) is 63.7 Å². The highest BCUT2D eigenvalue weighted by Gasteiger charge is 2.15. The van der Waals surface area contributed by atoms with Gasteiger partial charge >= 0.3 is 0 Å². The average Bonchev–Trinajstić information content (AvgIpc) is 3.09. The molecule has 0 N–H and O–H groups in total. The summed E-state index contributed by atoms with van der Waals surface area (Å²) in [6, 6.07) is 17.3. The van der Waals surface area contributed by atoms with E-state index in [1.54, 1.807) is 18.3 Å². The van der Waals surface area contributed by atoms with Crippen LogP contribution in [0.2, 0.25) is 0 Å². The van der Waals surface area contributed by atoms with Crippen LogP contribution in [0.1, 0.15) is 30.2 Å². The quantitative estimate of drug-likeness (QED) is 0.263. The maximum atomic E-state index is 9.07. The lowest BCUT2D eigenvalue weighted by Crippen LogP contribution is -1.98. The van der Waals surface area contributed by atoms with E-state index in [0.29, 0.717) is 17.2 Å². The Morgan fingerprint density at radius 1 is 1.17 bits per heavy atom. The summed E-state index contributed by atoms with van der Waals surface area (Å²) < 4.78 is 8.95. The van der Waals surface area contributed by atoms with Gasteiger partial charge in [0.2, 0.25) is 5.88 Å². The summed E-state index contributed by atoms with van der Waals surface area (Å²) in [5.41, 5.74) is 4.08. The van der Waals surface area contributed by atoms with Gasteiger partial charge in [0.05, 0.1) is 37.7 Å². The number of nitriles is 1. The van der Waals surface area contributed by atoms with Crippen LogP contribution in [0.5, 0.6) is 11.6 Å². The Labute approximate surface area is 188 Å². The van der Waals surface area contributed by atoms with Crippen molar-refractivity contribution < 1.29 is 4.74 Å². The number of fused-ring (bicyclic) bond motifs is 1. The van der Waals surface area contributed by atoms with E-state index in [2.05, 4.69) is 45.5 Å². The lowest BCUT2D eigenvalue weighted by Gasteiger charge is -2.10. The standard InChI is InChI=1S/C24H17IN4O/c1-3-4-6-18-13-20-16(2)28-29(19-10-8-17(15-26)9-11-19)22(20)14-23(18)30-24-21(25)7-5-12-27-24/h5,7-14H,3H2,1-2H3. The van der Waals surface area contributed by atoms with E-state index in [0.717, 1.165) is 37.8 Å². The largest absolute Gasteiger partial charge is 0.437 e. The summed E-state index contributed by atoms with van der Waals surface area (Å²) >= 11 is 2.20. The zero-order valence-electron chi connectivity index (χ0n) is 16.5. The number of ether oxygens (including phenoxy) is 1. The molecule has 0 aliphatic rings. The molecule has 0 aliphatic heterocycles. The van der Waals surface area contributed by atoms with Crippen LogP contribution in [0.4, 0.5) is 0 Å². The summed E-state index contributed by atoms with van der Waals surface area (Å²) in [5, 5.41) is 14.8. The molecule has 0 aliphatic carbocycles. The maximum Gasteiger partial charge on any atom is 0.232 e. The van der Waals surface area contributed by atoms with Gasteiger partial charge in [-0.05, 0) is 72.0 Å². The van der Waals surface area contributed by atoms with Crippen molar-refractivity contribution in [2.24, 2.45) is 0 Å². The molecule has 2 aromatic heterocycles. The van der Waals surface area contributed by atoms with Crippen molar-refractivity contribution in [3.05, 3.63) is 75.1 Å². The number of aromatic nitrogens is 3. The maximum absolute atomic E-state index is 9.07. The van der Waals surface area contributed by atoms with Crippen LogP contribution in [0.15, 0.2) is 54.7 Å². The molecule has 146 valence electrons. The van der Waals surface area contributed by atoms with Gasteiger partial charge in [0.25, 0.3) is 0 Å². The molecule has 0 atom stereocenters. The number of nitrogens with zero attached hydrogens (tertiary/aromatic N) is 4. The minimum atomic E-state index is 0.540. The molecule has 4 aromatic rings. The van der Waals surface area contributed by atoms with E-state index >= 15 is 0 Å². The Kier molecular flexibility index (Phi) is 5.69. The number of halogens is 1. The number of hydrogen-bond acceptors (Lipinski definition) is 4. The van der Waals surface area contributed by atoms with Gasteiger partial charge in [-0.25, -0.2) is 9.67 Å². The predicted octanol–water partition coefficient (Wildman–Crippen LogP) is 5.76. The van der Waals surface area contributed by atoms with Gasteiger partial charge in [0.1, 0.15) is 5.75 Å². The van der Waals surface area contributed by atoms with Gasteiger partial charge in [-0.1, -0.05) is 18.8 Å². The average molecular weight is 504 g/mol. The molecule has 4 rings (SSSR count). The lowest BCUT2D eigenvalue weighted by molar-refractivity contribution is 0.458.